The van der Waals surface area contributed by atoms with Gasteiger partial charge in [0.15, 0.2) is 5.17 Å². The highest BCUT2D eigenvalue weighted by Crippen LogP contribution is 2.35. The van der Waals surface area contributed by atoms with E-state index in [0.29, 0.717) is 45.0 Å². The molecule has 1 aliphatic rings. The Morgan fingerprint density at radius 3 is 2.62 bits per heavy atom. The number of aryl methyl sites for hydroxylation is 1. The summed E-state index contributed by atoms with van der Waals surface area (Å²) in [5.74, 6) is 0.341. The second-order valence-corrected chi connectivity index (χ2v) is 8.00. The van der Waals surface area contributed by atoms with Crippen LogP contribution in [0.15, 0.2) is 68.9 Å². The van der Waals surface area contributed by atoms with Crippen molar-refractivity contribution in [2.24, 2.45) is 4.99 Å². The molecule has 162 valence electrons. The molecule has 32 heavy (non-hydrogen) atoms. The molecule has 4 rings (SSSR count). The van der Waals surface area contributed by atoms with Crippen LogP contribution in [0.5, 0.6) is 0 Å². The number of thioether (sulfide) groups is 1. The molecule has 0 radical (unpaired) electrons. The Balaban J connectivity index is 1.61. The molecule has 1 amide bonds. The normalized spacial score (nSPS) is 16.3. The van der Waals surface area contributed by atoms with Crippen LogP contribution in [0.4, 0.5) is 15.8 Å². The highest BCUT2D eigenvalue weighted by Gasteiger charge is 2.32. The number of nitro groups is 1. The summed E-state index contributed by atoms with van der Waals surface area (Å²) in [5, 5.41) is 11.7. The molecule has 1 aliphatic heterocycles. The van der Waals surface area contributed by atoms with Crippen molar-refractivity contribution < 1.29 is 18.5 Å². The number of benzene rings is 2. The van der Waals surface area contributed by atoms with Gasteiger partial charge in [-0.15, -0.1) is 0 Å². The van der Waals surface area contributed by atoms with Gasteiger partial charge in [0.25, 0.3) is 11.6 Å². The van der Waals surface area contributed by atoms with Crippen molar-refractivity contribution in [3.05, 3.63) is 86.8 Å². The fourth-order valence-corrected chi connectivity index (χ4v) is 4.21. The first-order valence-electron chi connectivity index (χ1n) is 9.76. The van der Waals surface area contributed by atoms with Gasteiger partial charge in [-0.05, 0) is 62.0 Å². The van der Waals surface area contributed by atoms with Crippen LogP contribution in [0.25, 0.3) is 17.4 Å². The van der Waals surface area contributed by atoms with Gasteiger partial charge in [-0.25, -0.2) is 9.38 Å². The molecular weight excluding hydrogens is 433 g/mol. The maximum Gasteiger partial charge on any atom is 0.273 e. The van der Waals surface area contributed by atoms with E-state index in [2.05, 4.69) is 4.99 Å². The minimum absolute atomic E-state index is 0.0144. The second kappa shape index (κ2) is 8.80. The molecule has 0 spiro atoms. The highest BCUT2D eigenvalue weighted by atomic mass is 32.2. The molecule has 7 nitrogen and oxygen atoms in total. The summed E-state index contributed by atoms with van der Waals surface area (Å²) in [6, 6.07) is 14.0. The Morgan fingerprint density at radius 2 is 1.94 bits per heavy atom. The Kier molecular flexibility index (Phi) is 5.91. The molecule has 0 bridgehead atoms. The average Bonchev–Trinajstić information content (AvgIpc) is 3.34. The van der Waals surface area contributed by atoms with E-state index in [1.54, 1.807) is 49.4 Å². The molecular formula is C23H18FN3O4S. The number of amidine groups is 1. The first-order chi connectivity index (χ1) is 15.4. The highest BCUT2D eigenvalue weighted by molar-refractivity contribution is 8.18. The third kappa shape index (κ3) is 4.33. The number of carbonyl (C=O) groups is 1. The Hall–Kier alpha value is -3.72. The zero-order valence-corrected chi connectivity index (χ0v) is 18.1. The monoisotopic (exact) mass is 451 g/mol. The zero-order chi connectivity index (χ0) is 22.8. The number of nitro benzene ring substituents is 1. The lowest BCUT2D eigenvalue weighted by atomic mass is 10.1. The summed E-state index contributed by atoms with van der Waals surface area (Å²) in [5.41, 5.74) is 1.70. The van der Waals surface area contributed by atoms with Crippen molar-refractivity contribution in [3.8, 4) is 11.3 Å². The maximum absolute atomic E-state index is 13.1. The molecule has 0 saturated carbocycles. The average molecular weight is 451 g/mol. The van der Waals surface area contributed by atoms with E-state index in [9.17, 15) is 19.3 Å². The summed E-state index contributed by atoms with van der Waals surface area (Å²) in [6.07, 6.45) is 1.62. The molecule has 0 atom stereocenters. The topological polar surface area (TPSA) is 89.0 Å². The third-order valence-corrected chi connectivity index (χ3v) is 5.85. The minimum atomic E-state index is -0.431. The first-order valence-corrected chi connectivity index (χ1v) is 10.6. The van der Waals surface area contributed by atoms with E-state index in [1.165, 1.54) is 34.9 Å². The zero-order valence-electron chi connectivity index (χ0n) is 17.2. The number of carbonyl (C=O) groups excluding carboxylic acids is 1. The van der Waals surface area contributed by atoms with Crippen molar-refractivity contribution >= 4 is 40.3 Å². The Bertz CT molecular complexity index is 1260. The molecule has 0 aliphatic carbocycles. The van der Waals surface area contributed by atoms with Crippen LogP contribution in [0.2, 0.25) is 0 Å². The van der Waals surface area contributed by atoms with Gasteiger partial charge in [-0.1, -0.05) is 12.1 Å². The maximum atomic E-state index is 13.1. The summed E-state index contributed by atoms with van der Waals surface area (Å²) in [7, 11) is 0. The molecule has 9 heteroatoms. The van der Waals surface area contributed by atoms with E-state index in [4.69, 9.17) is 4.42 Å². The second-order valence-electron chi connectivity index (χ2n) is 6.99. The number of likely N-dealkylation sites (N-methyl/N-ethyl adjacent to an activating group) is 1. The Labute approximate surface area is 187 Å². The Morgan fingerprint density at radius 1 is 1.19 bits per heavy atom. The quantitative estimate of drug-likeness (QED) is 0.273. The van der Waals surface area contributed by atoms with E-state index in [-0.39, 0.29) is 17.4 Å². The number of hydrogen-bond acceptors (Lipinski definition) is 6. The van der Waals surface area contributed by atoms with E-state index in [0.717, 1.165) is 0 Å². The summed E-state index contributed by atoms with van der Waals surface area (Å²) in [4.78, 5) is 30.0. The minimum Gasteiger partial charge on any atom is -0.457 e. The molecule has 0 unspecified atom stereocenters. The number of hydrogen-bond donors (Lipinski definition) is 0. The summed E-state index contributed by atoms with van der Waals surface area (Å²) < 4.78 is 19.0. The number of rotatable bonds is 5. The SMILES string of the molecule is CCN1C(=O)/C(=C\c2ccc(-c3ccc(C)c([N+](=O)[O-])c3)o2)SC1=Nc1ccc(F)cc1. The molecule has 1 fully saturated rings. The van der Waals surface area contributed by atoms with Gasteiger partial charge >= 0.3 is 0 Å². The summed E-state index contributed by atoms with van der Waals surface area (Å²) in [6.45, 7) is 3.95. The fourth-order valence-electron chi connectivity index (χ4n) is 3.17. The van der Waals surface area contributed by atoms with E-state index in [1.807, 2.05) is 6.92 Å². The van der Waals surface area contributed by atoms with Gasteiger partial charge in [0, 0.05) is 29.8 Å². The van der Waals surface area contributed by atoms with E-state index < -0.39 is 4.92 Å². The molecule has 3 aromatic rings. The van der Waals surface area contributed by atoms with Crippen molar-refractivity contribution in [2.75, 3.05) is 6.54 Å². The van der Waals surface area contributed by atoms with Gasteiger partial charge in [0.2, 0.25) is 0 Å². The van der Waals surface area contributed by atoms with Crippen LogP contribution < -0.4 is 0 Å². The van der Waals surface area contributed by atoms with Gasteiger partial charge in [0.05, 0.1) is 15.5 Å². The molecule has 1 aromatic heterocycles. The molecule has 0 N–H and O–H groups in total. The molecule has 2 heterocycles. The van der Waals surface area contributed by atoms with Crippen molar-refractivity contribution in [2.45, 2.75) is 13.8 Å². The van der Waals surface area contributed by atoms with Gasteiger partial charge < -0.3 is 4.42 Å². The standard InChI is InChI=1S/C23H18FN3O4S/c1-3-26-22(28)21(32-23(26)25-17-8-6-16(24)7-9-17)13-18-10-11-20(31-18)15-5-4-14(2)19(12-15)27(29)30/h4-13H,3H2,1-2H3/b21-13+,25-23?. The van der Waals surface area contributed by atoms with Crippen LogP contribution in [0, 0.1) is 22.9 Å². The predicted octanol–water partition coefficient (Wildman–Crippen LogP) is 5.93. The number of aliphatic imine (C=N–C) groups is 1. The molecule has 1 saturated heterocycles. The number of amides is 1. The van der Waals surface area contributed by atoms with Crippen LogP contribution >= 0.6 is 11.8 Å². The van der Waals surface area contributed by atoms with Crippen LogP contribution in [0.3, 0.4) is 0 Å². The fraction of sp³-hybridized carbons (Fsp3) is 0.130. The van der Waals surface area contributed by atoms with Crippen LogP contribution in [-0.4, -0.2) is 27.4 Å². The number of halogens is 1. The first kappa shape index (κ1) is 21.5. The lowest BCUT2D eigenvalue weighted by Crippen LogP contribution is -2.28. The summed E-state index contributed by atoms with van der Waals surface area (Å²) >= 11 is 1.20. The van der Waals surface area contributed by atoms with Gasteiger partial charge in [-0.2, -0.15) is 0 Å². The third-order valence-electron chi connectivity index (χ3n) is 4.85. The van der Waals surface area contributed by atoms with Gasteiger partial charge in [0.1, 0.15) is 17.3 Å². The molecule has 2 aromatic carbocycles. The van der Waals surface area contributed by atoms with Crippen molar-refractivity contribution in [1.29, 1.82) is 0 Å². The van der Waals surface area contributed by atoms with Crippen molar-refractivity contribution in [1.82, 2.24) is 4.90 Å². The largest absolute Gasteiger partial charge is 0.457 e. The smallest absolute Gasteiger partial charge is 0.273 e. The van der Waals surface area contributed by atoms with Crippen molar-refractivity contribution in [3.63, 3.8) is 0 Å². The van der Waals surface area contributed by atoms with Crippen LogP contribution in [0.1, 0.15) is 18.2 Å². The van der Waals surface area contributed by atoms with Gasteiger partial charge in [-0.3, -0.25) is 19.8 Å². The lowest BCUT2D eigenvalue weighted by Gasteiger charge is -2.11. The van der Waals surface area contributed by atoms with Crippen LogP contribution in [-0.2, 0) is 4.79 Å². The number of nitrogens with zero attached hydrogens (tertiary/aromatic N) is 3. The predicted molar refractivity (Wildman–Crippen MR) is 122 cm³/mol. The number of furan rings is 1. The van der Waals surface area contributed by atoms with E-state index >= 15 is 0 Å². The lowest BCUT2D eigenvalue weighted by molar-refractivity contribution is -0.385.